The first-order valence-electron chi connectivity index (χ1n) is 7.70. The van der Waals surface area contributed by atoms with Crippen LogP contribution in [-0.2, 0) is 9.59 Å². The van der Waals surface area contributed by atoms with E-state index >= 15 is 0 Å². The summed E-state index contributed by atoms with van der Waals surface area (Å²) in [6, 6.07) is 13.3. The lowest BCUT2D eigenvalue weighted by Gasteiger charge is -2.18. The van der Waals surface area contributed by atoms with Crippen molar-refractivity contribution in [3.8, 4) is 5.75 Å². The topological polar surface area (TPSA) is 67.4 Å². The summed E-state index contributed by atoms with van der Waals surface area (Å²) in [7, 11) is 0. The number of carbonyl (C=O) groups excluding carboxylic acids is 2. The quantitative estimate of drug-likeness (QED) is 0.817. The number of amides is 2. The fraction of sp³-hybridized carbons (Fsp3) is 0.222. The fourth-order valence-electron chi connectivity index (χ4n) is 2.35. The Kier molecular flexibility index (Phi) is 6.21. The summed E-state index contributed by atoms with van der Waals surface area (Å²) in [6.07, 6.45) is -4.89. The number of ether oxygens (including phenoxy) is 1. The Hall–Kier alpha value is -3.03. The highest BCUT2D eigenvalue weighted by Gasteiger charge is 2.31. The second-order valence-electron chi connectivity index (χ2n) is 5.49. The molecule has 1 unspecified atom stereocenters. The Bertz CT molecular complexity index is 764. The van der Waals surface area contributed by atoms with Gasteiger partial charge in [-0.2, -0.15) is 0 Å². The molecule has 0 heterocycles. The number of alkyl halides is 3. The monoisotopic (exact) mass is 366 g/mol. The Morgan fingerprint density at radius 3 is 2.38 bits per heavy atom. The van der Waals surface area contributed by atoms with Crippen LogP contribution in [0.15, 0.2) is 54.6 Å². The Labute approximate surface area is 148 Å². The van der Waals surface area contributed by atoms with Gasteiger partial charge in [0.2, 0.25) is 11.8 Å². The van der Waals surface area contributed by atoms with Gasteiger partial charge in [0.1, 0.15) is 5.75 Å². The largest absolute Gasteiger partial charge is 0.573 e. The minimum Gasteiger partial charge on any atom is -0.406 e. The third-order valence-corrected chi connectivity index (χ3v) is 3.32. The van der Waals surface area contributed by atoms with Crippen molar-refractivity contribution in [3.63, 3.8) is 0 Å². The summed E-state index contributed by atoms with van der Waals surface area (Å²) in [5, 5.41) is 5.19. The highest BCUT2D eigenvalue weighted by atomic mass is 19.4. The van der Waals surface area contributed by atoms with Crippen LogP contribution in [0.25, 0.3) is 0 Å². The molecule has 2 amide bonds. The second-order valence-corrected chi connectivity index (χ2v) is 5.49. The minimum absolute atomic E-state index is 0.0754. The lowest BCUT2D eigenvalue weighted by atomic mass is 10.0. The van der Waals surface area contributed by atoms with Gasteiger partial charge in [-0.25, -0.2) is 0 Å². The van der Waals surface area contributed by atoms with Gasteiger partial charge in [0, 0.05) is 18.7 Å². The van der Waals surface area contributed by atoms with Crippen LogP contribution in [0.1, 0.15) is 24.9 Å². The van der Waals surface area contributed by atoms with Crippen LogP contribution < -0.4 is 15.4 Å². The number of nitrogens with one attached hydrogen (secondary N) is 2. The van der Waals surface area contributed by atoms with Gasteiger partial charge in [0.05, 0.1) is 12.5 Å². The van der Waals surface area contributed by atoms with Crippen molar-refractivity contribution in [2.24, 2.45) is 0 Å². The SMILES string of the molecule is CC(=O)NC(CC(=O)Nc1cccc(OC(F)(F)F)c1)c1ccccc1. The van der Waals surface area contributed by atoms with E-state index in [9.17, 15) is 22.8 Å². The molecule has 0 aliphatic heterocycles. The van der Waals surface area contributed by atoms with E-state index in [2.05, 4.69) is 15.4 Å². The van der Waals surface area contributed by atoms with E-state index in [-0.39, 0.29) is 18.0 Å². The first-order valence-corrected chi connectivity index (χ1v) is 7.70. The van der Waals surface area contributed by atoms with E-state index < -0.39 is 24.1 Å². The smallest absolute Gasteiger partial charge is 0.406 e. The standard InChI is InChI=1S/C18H17F3N2O3/c1-12(24)22-16(13-6-3-2-4-7-13)11-17(25)23-14-8-5-9-15(10-14)26-18(19,20)21/h2-10,16H,11H2,1H3,(H,22,24)(H,23,25). The lowest BCUT2D eigenvalue weighted by Crippen LogP contribution is -2.29. The minimum atomic E-state index is -4.81. The summed E-state index contributed by atoms with van der Waals surface area (Å²) >= 11 is 0. The third kappa shape index (κ3) is 6.46. The highest BCUT2D eigenvalue weighted by molar-refractivity contribution is 5.91. The molecule has 0 aliphatic carbocycles. The van der Waals surface area contributed by atoms with E-state index in [1.54, 1.807) is 30.3 Å². The first kappa shape index (κ1) is 19.3. The van der Waals surface area contributed by atoms with E-state index in [4.69, 9.17) is 0 Å². The van der Waals surface area contributed by atoms with Crippen LogP contribution in [0, 0.1) is 0 Å². The third-order valence-electron chi connectivity index (χ3n) is 3.32. The van der Waals surface area contributed by atoms with Crippen LogP contribution in [0.5, 0.6) is 5.75 Å². The maximum Gasteiger partial charge on any atom is 0.573 e. The van der Waals surface area contributed by atoms with Crippen molar-refractivity contribution < 1.29 is 27.5 Å². The Morgan fingerprint density at radius 2 is 1.77 bits per heavy atom. The number of rotatable bonds is 6. The van der Waals surface area contributed by atoms with Gasteiger partial charge in [0.25, 0.3) is 0 Å². The molecule has 0 saturated heterocycles. The van der Waals surface area contributed by atoms with E-state index in [1.807, 2.05) is 0 Å². The molecule has 0 saturated carbocycles. The molecule has 2 rings (SSSR count). The van der Waals surface area contributed by atoms with Crippen molar-refractivity contribution in [1.29, 1.82) is 0 Å². The zero-order chi connectivity index (χ0) is 19.2. The van der Waals surface area contributed by atoms with Crippen molar-refractivity contribution >= 4 is 17.5 Å². The number of benzene rings is 2. The summed E-state index contributed by atoms with van der Waals surface area (Å²) in [4.78, 5) is 23.6. The summed E-state index contributed by atoms with van der Waals surface area (Å²) in [5.41, 5.74) is 0.901. The molecule has 0 aliphatic rings. The summed E-state index contributed by atoms with van der Waals surface area (Å²) in [5.74, 6) is -1.19. The molecule has 1 atom stereocenters. The van der Waals surface area contributed by atoms with Gasteiger partial charge in [-0.05, 0) is 17.7 Å². The summed E-state index contributed by atoms with van der Waals surface area (Å²) < 4.78 is 40.6. The number of hydrogen-bond donors (Lipinski definition) is 2. The molecule has 2 aromatic rings. The van der Waals surface area contributed by atoms with Gasteiger partial charge < -0.3 is 15.4 Å². The molecule has 0 bridgehead atoms. The number of anilines is 1. The maximum atomic E-state index is 12.3. The Morgan fingerprint density at radius 1 is 1.08 bits per heavy atom. The average Bonchev–Trinajstić information content (AvgIpc) is 2.53. The zero-order valence-corrected chi connectivity index (χ0v) is 13.8. The molecule has 0 fully saturated rings. The van der Waals surface area contributed by atoms with Gasteiger partial charge in [0.15, 0.2) is 0 Å². The van der Waals surface area contributed by atoms with Crippen LogP contribution in [-0.4, -0.2) is 18.2 Å². The normalized spacial score (nSPS) is 12.2. The van der Waals surface area contributed by atoms with Crippen molar-refractivity contribution in [2.45, 2.75) is 25.7 Å². The van der Waals surface area contributed by atoms with Gasteiger partial charge in [-0.3, -0.25) is 9.59 Å². The van der Waals surface area contributed by atoms with Crippen molar-refractivity contribution in [2.75, 3.05) is 5.32 Å². The van der Waals surface area contributed by atoms with Crippen molar-refractivity contribution in [1.82, 2.24) is 5.32 Å². The van der Waals surface area contributed by atoms with Crippen LogP contribution in [0.3, 0.4) is 0 Å². The molecular formula is C18H17F3N2O3. The molecule has 0 aromatic heterocycles. The Balaban J connectivity index is 2.06. The second kappa shape index (κ2) is 8.37. The van der Waals surface area contributed by atoms with E-state index in [0.717, 1.165) is 17.7 Å². The fourth-order valence-corrected chi connectivity index (χ4v) is 2.35. The zero-order valence-electron chi connectivity index (χ0n) is 13.8. The number of halogens is 3. The molecule has 2 N–H and O–H groups in total. The van der Waals surface area contributed by atoms with Crippen molar-refractivity contribution in [3.05, 3.63) is 60.2 Å². The molecule has 8 heteroatoms. The van der Waals surface area contributed by atoms with E-state index in [1.165, 1.54) is 19.1 Å². The maximum absolute atomic E-state index is 12.3. The molecular weight excluding hydrogens is 349 g/mol. The molecule has 138 valence electrons. The van der Waals surface area contributed by atoms with Crippen LogP contribution in [0.4, 0.5) is 18.9 Å². The lowest BCUT2D eigenvalue weighted by molar-refractivity contribution is -0.274. The van der Waals surface area contributed by atoms with Gasteiger partial charge in [-0.15, -0.1) is 13.2 Å². The van der Waals surface area contributed by atoms with Crippen LogP contribution >= 0.6 is 0 Å². The molecule has 2 aromatic carbocycles. The summed E-state index contributed by atoms with van der Waals surface area (Å²) in [6.45, 7) is 1.34. The predicted octanol–water partition coefficient (Wildman–Crippen LogP) is 3.79. The number of carbonyl (C=O) groups is 2. The van der Waals surface area contributed by atoms with Crippen LogP contribution in [0.2, 0.25) is 0 Å². The van der Waals surface area contributed by atoms with Gasteiger partial charge in [-0.1, -0.05) is 36.4 Å². The number of hydrogen-bond acceptors (Lipinski definition) is 3. The molecule has 0 spiro atoms. The molecule has 0 radical (unpaired) electrons. The predicted molar refractivity (Wildman–Crippen MR) is 89.4 cm³/mol. The molecule has 5 nitrogen and oxygen atoms in total. The highest BCUT2D eigenvalue weighted by Crippen LogP contribution is 2.25. The first-order chi connectivity index (χ1) is 12.2. The average molecular weight is 366 g/mol. The molecule has 26 heavy (non-hydrogen) atoms. The van der Waals surface area contributed by atoms with Gasteiger partial charge >= 0.3 is 6.36 Å². The van der Waals surface area contributed by atoms with E-state index in [0.29, 0.717) is 0 Å².